The molecule has 0 atom stereocenters. The fourth-order valence-corrected chi connectivity index (χ4v) is 2.32. The van der Waals surface area contributed by atoms with Crippen LogP contribution >= 0.6 is 0 Å². The number of hydrogen-bond acceptors (Lipinski definition) is 4. The van der Waals surface area contributed by atoms with Crippen molar-refractivity contribution in [2.45, 2.75) is 6.42 Å². The summed E-state index contributed by atoms with van der Waals surface area (Å²) in [6, 6.07) is 4.91. The molecule has 0 amide bonds. The van der Waals surface area contributed by atoms with Gasteiger partial charge in [-0.25, -0.2) is 9.29 Å². The third kappa shape index (κ3) is 3.41. The van der Waals surface area contributed by atoms with Crippen molar-refractivity contribution >= 4 is 22.0 Å². The molecule has 0 aliphatic carbocycles. The van der Waals surface area contributed by atoms with Gasteiger partial charge in [-0.05, 0) is 12.1 Å². The fraction of sp³-hybridized carbons (Fsp3) is 0.400. The number of carboxylic acid groups (broad SMARTS) is 1. The molecule has 0 spiro atoms. The second kappa shape index (κ2) is 5.78. The Morgan fingerprint density at radius 3 is 2.56 bits per heavy atom. The Balaban J connectivity index is 2.83. The van der Waals surface area contributed by atoms with Gasteiger partial charge in [0.1, 0.15) is 5.82 Å². The van der Waals surface area contributed by atoms with Crippen molar-refractivity contribution < 1.29 is 18.3 Å². The maximum Gasteiger partial charge on any atom is 0.304 e. The van der Waals surface area contributed by atoms with E-state index in [1.165, 1.54) is 20.3 Å². The molecule has 1 rings (SSSR count). The molecular weight excluding hydrogens is 258 g/mol. The molecule has 0 unspecified atom stereocenters. The van der Waals surface area contributed by atoms with Crippen molar-refractivity contribution in [1.82, 2.24) is 9.29 Å². The van der Waals surface area contributed by atoms with E-state index in [9.17, 15) is 13.2 Å². The maximum atomic E-state index is 12.1. The maximum absolute atomic E-state index is 12.1. The van der Waals surface area contributed by atoms with E-state index in [1.54, 1.807) is 18.2 Å². The van der Waals surface area contributed by atoms with Crippen LogP contribution in [0, 0.1) is 0 Å². The third-order valence-corrected chi connectivity index (χ3v) is 4.20. The molecule has 1 N–H and O–H groups in total. The first-order valence-corrected chi connectivity index (χ1v) is 6.58. The SMILES string of the molecule is CN(CCC(=O)O)S(=O)(=O)N(C)c1ccccn1. The van der Waals surface area contributed by atoms with Gasteiger partial charge in [0.15, 0.2) is 0 Å². The lowest BCUT2D eigenvalue weighted by Gasteiger charge is -2.24. The summed E-state index contributed by atoms with van der Waals surface area (Å²) >= 11 is 0. The molecule has 1 aromatic heterocycles. The van der Waals surface area contributed by atoms with Crippen LogP contribution in [-0.2, 0) is 15.0 Å². The van der Waals surface area contributed by atoms with Crippen LogP contribution in [0.4, 0.5) is 5.82 Å². The topological polar surface area (TPSA) is 90.8 Å². The van der Waals surface area contributed by atoms with E-state index in [2.05, 4.69) is 4.98 Å². The number of hydrogen-bond donors (Lipinski definition) is 1. The summed E-state index contributed by atoms with van der Waals surface area (Å²) < 4.78 is 26.1. The van der Waals surface area contributed by atoms with E-state index in [0.29, 0.717) is 0 Å². The molecule has 0 fully saturated rings. The predicted molar refractivity (Wildman–Crippen MR) is 66.4 cm³/mol. The predicted octanol–water partition coefficient (Wildman–Crippen LogP) is 0.169. The minimum atomic E-state index is -3.75. The van der Waals surface area contributed by atoms with Gasteiger partial charge in [0.05, 0.1) is 6.42 Å². The standard InChI is InChI=1S/C10H15N3O4S/c1-12(8-6-10(14)15)18(16,17)13(2)9-5-3-4-7-11-9/h3-5,7H,6,8H2,1-2H3,(H,14,15). The minimum absolute atomic E-state index is 0.0885. The number of aromatic nitrogens is 1. The normalized spacial score (nSPS) is 11.5. The first kappa shape index (κ1) is 14.4. The Morgan fingerprint density at radius 1 is 1.39 bits per heavy atom. The zero-order chi connectivity index (χ0) is 13.8. The first-order valence-electron chi connectivity index (χ1n) is 5.18. The molecular formula is C10H15N3O4S. The molecule has 100 valence electrons. The second-order valence-electron chi connectivity index (χ2n) is 3.63. The number of rotatable bonds is 6. The summed E-state index contributed by atoms with van der Waals surface area (Å²) in [6.07, 6.45) is 1.24. The highest BCUT2D eigenvalue weighted by Gasteiger charge is 2.24. The number of pyridine rings is 1. The van der Waals surface area contributed by atoms with Gasteiger partial charge in [-0.1, -0.05) is 6.07 Å². The monoisotopic (exact) mass is 273 g/mol. The van der Waals surface area contributed by atoms with Gasteiger partial charge in [0.25, 0.3) is 0 Å². The van der Waals surface area contributed by atoms with Crippen molar-refractivity contribution in [3.63, 3.8) is 0 Å². The average Bonchev–Trinajstić information content (AvgIpc) is 2.35. The number of aliphatic carboxylic acids is 1. The number of nitrogens with zero attached hydrogens (tertiary/aromatic N) is 3. The summed E-state index contributed by atoms with van der Waals surface area (Å²) in [5.74, 6) is -0.766. The van der Waals surface area contributed by atoms with Crippen LogP contribution < -0.4 is 4.31 Å². The highest BCUT2D eigenvalue weighted by atomic mass is 32.2. The molecule has 0 aromatic carbocycles. The molecule has 18 heavy (non-hydrogen) atoms. The van der Waals surface area contributed by atoms with E-state index < -0.39 is 16.2 Å². The second-order valence-corrected chi connectivity index (χ2v) is 5.70. The van der Waals surface area contributed by atoms with E-state index in [-0.39, 0.29) is 18.8 Å². The van der Waals surface area contributed by atoms with Gasteiger partial charge < -0.3 is 5.11 Å². The molecule has 0 aliphatic rings. The summed E-state index contributed by atoms with van der Waals surface area (Å²) in [5.41, 5.74) is 0. The summed E-state index contributed by atoms with van der Waals surface area (Å²) in [4.78, 5) is 14.3. The molecule has 0 aliphatic heterocycles. The Bertz CT molecular complexity index is 503. The van der Waals surface area contributed by atoms with Crippen LogP contribution in [0.5, 0.6) is 0 Å². The molecule has 0 bridgehead atoms. The average molecular weight is 273 g/mol. The van der Waals surface area contributed by atoms with Crippen LogP contribution in [0.15, 0.2) is 24.4 Å². The zero-order valence-electron chi connectivity index (χ0n) is 10.1. The van der Waals surface area contributed by atoms with Gasteiger partial charge in [-0.3, -0.25) is 4.79 Å². The van der Waals surface area contributed by atoms with Crippen molar-refractivity contribution in [1.29, 1.82) is 0 Å². The van der Waals surface area contributed by atoms with Gasteiger partial charge in [0, 0.05) is 26.8 Å². The fourth-order valence-electron chi connectivity index (χ4n) is 1.24. The smallest absolute Gasteiger partial charge is 0.304 e. The molecule has 1 heterocycles. The lowest BCUT2D eigenvalue weighted by atomic mass is 10.4. The van der Waals surface area contributed by atoms with E-state index in [0.717, 1.165) is 8.61 Å². The zero-order valence-corrected chi connectivity index (χ0v) is 11.0. The van der Waals surface area contributed by atoms with Crippen LogP contribution in [0.2, 0.25) is 0 Å². The van der Waals surface area contributed by atoms with Crippen molar-refractivity contribution in [3.8, 4) is 0 Å². The van der Waals surface area contributed by atoms with E-state index >= 15 is 0 Å². The Hall–Kier alpha value is -1.67. The highest BCUT2D eigenvalue weighted by molar-refractivity contribution is 7.90. The molecule has 1 aromatic rings. The van der Waals surface area contributed by atoms with E-state index in [4.69, 9.17) is 5.11 Å². The number of carboxylic acids is 1. The highest BCUT2D eigenvalue weighted by Crippen LogP contribution is 2.14. The van der Waals surface area contributed by atoms with Crippen LogP contribution in [0.1, 0.15) is 6.42 Å². The van der Waals surface area contributed by atoms with Crippen LogP contribution in [0.25, 0.3) is 0 Å². The summed E-state index contributed by atoms with van der Waals surface area (Å²) in [7, 11) is -1.05. The van der Waals surface area contributed by atoms with Gasteiger partial charge in [-0.2, -0.15) is 12.7 Å². The Kier molecular flexibility index (Phi) is 4.62. The first-order chi connectivity index (χ1) is 8.35. The quantitative estimate of drug-likeness (QED) is 0.797. The molecule has 8 heteroatoms. The molecule has 0 saturated carbocycles. The van der Waals surface area contributed by atoms with Crippen LogP contribution in [0.3, 0.4) is 0 Å². The van der Waals surface area contributed by atoms with Crippen molar-refractivity contribution in [3.05, 3.63) is 24.4 Å². The van der Waals surface area contributed by atoms with Gasteiger partial charge in [-0.15, -0.1) is 0 Å². The summed E-state index contributed by atoms with van der Waals surface area (Å²) in [5, 5.41) is 8.54. The lowest BCUT2D eigenvalue weighted by molar-refractivity contribution is -0.137. The van der Waals surface area contributed by atoms with Gasteiger partial charge >= 0.3 is 16.2 Å². The Morgan fingerprint density at radius 2 is 2.06 bits per heavy atom. The van der Waals surface area contributed by atoms with Crippen molar-refractivity contribution in [2.24, 2.45) is 0 Å². The molecule has 7 nitrogen and oxygen atoms in total. The minimum Gasteiger partial charge on any atom is -0.481 e. The van der Waals surface area contributed by atoms with Crippen molar-refractivity contribution in [2.75, 3.05) is 24.9 Å². The van der Waals surface area contributed by atoms with Gasteiger partial charge in [0.2, 0.25) is 0 Å². The molecule has 0 radical (unpaired) electrons. The Labute approximate surface area is 106 Å². The largest absolute Gasteiger partial charge is 0.481 e. The summed E-state index contributed by atoms with van der Waals surface area (Å²) in [6.45, 7) is -0.0885. The lowest BCUT2D eigenvalue weighted by Crippen LogP contribution is -2.40. The third-order valence-electron chi connectivity index (χ3n) is 2.35. The van der Waals surface area contributed by atoms with E-state index in [1.807, 2.05) is 0 Å². The van der Waals surface area contributed by atoms with Crippen LogP contribution in [-0.4, -0.2) is 49.4 Å². The molecule has 0 saturated heterocycles. The number of carbonyl (C=O) groups is 1. The number of anilines is 1.